The van der Waals surface area contributed by atoms with Crippen molar-refractivity contribution >= 4 is 0 Å². The van der Waals surface area contributed by atoms with E-state index in [4.69, 9.17) is 5.11 Å². The molecule has 2 aromatic carbocycles. The molecule has 0 saturated carbocycles. The molecule has 0 heterocycles. The maximum Gasteiger partial charge on any atom is 0.165 e. The van der Waals surface area contributed by atoms with Crippen LogP contribution < -0.4 is 0 Å². The van der Waals surface area contributed by atoms with E-state index in [0.29, 0.717) is 11.1 Å². The Hall–Kier alpha value is -2.10. The second kappa shape index (κ2) is 3.81. The van der Waals surface area contributed by atoms with Crippen LogP contribution in [0.4, 0.5) is 8.78 Å². The number of aromatic hydroxyl groups is 2. The third kappa shape index (κ3) is 1.82. The molecule has 0 spiro atoms. The minimum absolute atomic E-state index is 0.273. The van der Waals surface area contributed by atoms with Crippen LogP contribution in [-0.2, 0) is 0 Å². The zero-order chi connectivity index (χ0) is 11.7. The van der Waals surface area contributed by atoms with Crippen LogP contribution in [0.2, 0.25) is 0 Å². The number of rotatable bonds is 1. The number of benzene rings is 2. The smallest absolute Gasteiger partial charge is 0.165 e. The van der Waals surface area contributed by atoms with Crippen LogP contribution in [0.5, 0.6) is 11.5 Å². The highest BCUT2D eigenvalue weighted by atomic mass is 19.1. The minimum Gasteiger partial charge on any atom is -0.507 e. The van der Waals surface area contributed by atoms with E-state index in [1.165, 1.54) is 24.3 Å². The van der Waals surface area contributed by atoms with Gasteiger partial charge in [0.05, 0.1) is 0 Å². The Morgan fingerprint density at radius 3 is 2.19 bits per heavy atom. The quantitative estimate of drug-likeness (QED) is 0.778. The summed E-state index contributed by atoms with van der Waals surface area (Å²) in [6.45, 7) is 0. The molecule has 4 heteroatoms. The Morgan fingerprint density at radius 1 is 0.812 bits per heavy atom. The predicted molar refractivity (Wildman–Crippen MR) is 55.1 cm³/mol. The molecule has 0 aromatic heterocycles. The van der Waals surface area contributed by atoms with Gasteiger partial charge >= 0.3 is 0 Å². The van der Waals surface area contributed by atoms with E-state index in [0.717, 1.165) is 12.1 Å². The molecular formula is C12H8F2O2. The monoisotopic (exact) mass is 222 g/mol. The summed E-state index contributed by atoms with van der Waals surface area (Å²) >= 11 is 0. The van der Waals surface area contributed by atoms with E-state index < -0.39 is 17.4 Å². The SMILES string of the molecule is Oc1ccc(-c2ccc(F)cc2O)cc1F. The molecule has 0 radical (unpaired) electrons. The molecule has 2 aromatic rings. The Labute approximate surface area is 90.4 Å². The van der Waals surface area contributed by atoms with Crippen molar-refractivity contribution in [3.63, 3.8) is 0 Å². The highest BCUT2D eigenvalue weighted by molar-refractivity contribution is 5.70. The Kier molecular flexibility index (Phi) is 2.48. The lowest BCUT2D eigenvalue weighted by Gasteiger charge is -2.05. The topological polar surface area (TPSA) is 40.5 Å². The van der Waals surface area contributed by atoms with Gasteiger partial charge in [0.1, 0.15) is 11.6 Å². The third-order valence-corrected chi connectivity index (χ3v) is 2.22. The van der Waals surface area contributed by atoms with Crippen molar-refractivity contribution in [3.05, 3.63) is 48.0 Å². The fourth-order valence-electron chi connectivity index (χ4n) is 1.42. The number of hydrogen-bond acceptors (Lipinski definition) is 2. The molecule has 2 nitrogen and oxygen atoms in total. The van der Waals surface area contributed by atoms with Crippen LogP contribution in [-0.4, -0.2) is 10.2 Å². The number of halogens is 2. The number of phenolic OH excluding ortho intramolecular Hbond substituents is 2. The van der Waals surface area contributed by atoms with Crippen LogP contribution in [0.25, 0.3) is 11.1 Å². The van der Waals surface area contributed by atoms with E-state index in [9.17, 15) is 13.9 Å². The summed E-state index contributed by atoms with van der Waals surface area (Å²) in [4.78, 5) is 0. The molecule has 0 fully saturated rings. The van der Waals surface area contributed by atoms with Crippen LogP contribution in [0.15, 0.2) is 36.4 Å². The minimum atomic E-state index is -0.791. The van der Waals surface area contributed by atoms with Gasteiger partial charge in [0.15, 0.2) is 11.6 Å². The van der Waals surface area contributed by atoms with Gasteiger partial charge in [0.25, 0.3) is 0 Å². The van der Waals surface area contributed by atoms with E-state index in [1.54, 1.807) is 0 Å². The lowest BCUT2D eigenvalue weighted by Crippen LogP contribution is -1.83. The maximum atomic E-state index is 13.1. The van der Waals surface area contributed by atoms with Crippen molar-refractivity contribution in [2.75, 3.05) is 0 Å². The summed E-state index contributed by atoms with van der Waals surface area (Å²) in [5.41, 5.74) is 0.674. The van der Waals surface area contributed by atoms with Gasteiger partial charge in [-0.3, -0.25) is 0 Å². The molecule has 0 unspecified atom stereocenters. The summed E-state index contributed by atoms with van der Waals surface area (Å²) in [6, 6.07) is 7.14. The average molecular weight is 222 g/mol. The molecule has 0 bridgehead atoms. The van der Waals surface area contributed by atoms with E-state index in [2.05, 4.69) is 0 Å². The predicted octanol–water partition coefficient (Wildman–Crippen LogP) is 3.04. The Bertz CT molecular complexity index is 539. The fourth-order valence-corrected chi connectivity index (χ4v) is 1.42. The largest absolute Gasteiger partial charge is 0.507 e. The van der Waals surface area contributed by atoms with Gasteiger partial charge in [-0.05, 0) is 29.8 Å². The number of phenols is 2. The first-order valence-corrected chi connectivity index (χ1v) is 4.55. The highest BCUT2D eigenvalue weighted by Crippen LogP contribution is 2.31. The van der Waals surface area contributed by atoms with Gasteiger partial charge in [0.2, 0.25) is 0 Å². The van der Waals surface area contributed by atoms with Crippen molar-refractivity contribution in [1.29, 1.82) is 0 Å². The van der Waals surface area contributed by atoms with Crippen molar-refractivity contribution in [2.24, 2.45) is 0 Å². The first kappa shape index (κ1) is 10.4. The molecule has 0 atom stereocenters. The molecule has 0 aliphatic carbocycles. The molecule has 0 amide bonds. The number of hydrogen-bond donors (Lipinski definition) is 2. The van der Waals surface area contributed by atoms with Gasteiger partial charge < -0.3 is 10.2 Å². The molecule has 0 saturated heterocycles. The van der Waals surface area contributed by atoms with Crippen LogP contribution in [0.1, 0.15) is 0 Å². The Morgan fingerprint density at radius 2 is 1.56 bits per heavy atom. The average Bonchev–Trinajstić information content (AvgIpc) is 2.22. The summed E-state index contributed by atoms with van der Waals surface area (Å²) < 4.78 is 25.8. The second-order valence-corrected chi connectivity index (χ2v) is 3.33. The standard InChI is InChI=1S/C12H8F2O2/c13-8-2-3-9(12(16)6-8)7-1-4-11(15)10(14)5-7/h1-6,15-16H. The van der Waals surface area contributed by atoms with Crippen molar-refractivity contribution in [1.82, 2.24) is 0 Å². The van der Waals surface area contributed by atoms with Crippen LogP contribution in [0, 0.1) is 11.6 Å². The summed E-state index contributed by atoms with van der Waals surface area (Å²) in [7, 11) is 0. The molecule has 16 heavy (non-hydrogen) atoms. The van der Waals surface area contributed by atoms with E-state index in [-0.39, 0.29) is 5.75 Å². The first-order chi connectivity index (χ1) is 7.58. The van der Waals surface area contributed by atoms with Crippen molar-refractivity contribution in [2.45, 2.75) is 0 Å². The highest BCUT2D eigenvalue weighted by Gasteiger charge is 2.08. The summed E-state index contributed by atoms with van der Waals surface area (Å²) in [5.74, 6) is -2.10. The molecule has 82 valence electrons. The van der Waals surface area contributed by atoms with Gasteiger partial charge in [-0.25, -0.2) is 8.78 Å². The van der Waals surface area contributed by atoms with E-state index in [1.807, 2.05) is 0 Å². The van der Waals surface area contributed by atoms with Gasteiger partial charge in [-0.15, -0.1) is 0 Å². The van der Waals surface area contributed by atoms with Gasteiger partial charge in [-0.2, -0.15) is 0 Å². The molecule has 2 N–H and O–H groups in total. The lowest BCUT2D eigenvalue weighted by atomic mass is 10.0. The first-order valence-electron chi connectivity index (χ1n) is 4.55. The van der Waals surface area contributed by atoms with E-state index >= 15 is 0 Å². The fraction of sp³-hybridized carbons (Fsp3) is 0. The van der Waals surface area contributed by atoms with Crippen LogP contribution >= 0.6 is 0 Å². The normalized spacial score (nSPS) is 10.4. The van der Waals surface area contributed by atoms with Crippen LogP contribution in [0.3, 0.4) is 0 Å². The molecule has 2 rings (SSSR count). The van der Waals surface area contributed by atoms with Gasteiger partial charge in [0, 0.05) is 11.6 Å². The second-order valence-electron chi connectivity index (χ2n) is 3.33. The molecule has 0 aliphatic rings. The third-order valence-electron chi connectivity index (χ3n) is 2.22. The molecule has 0 aliphatic heterocycles. The van der Waals surface area contributed by atoms with Crippen molar-refractivity contribution < 1.29 is 19.0 Å². The Balaban J connectivity index is 2.54. The maximum absolute atomic E-state index is 13.1. The molecular weight excluding hydrogens is 214 g/mol. The van der Waals surface area contributed by atoms with Gasteiger partial charge in [-0.1, -0.05) is 6.07 Å². The lowest BCUT2D eigenvalue weighted by molar-refractivity contribution is 0.432. The van der Waals surface area contributed by atoms with Crippen molar-refractivity contribution in [3.8, 4) is 22.6 Å². The summed E-state index contributed by atoms with van der Waals surface area (Å²) in [5, 5.41) is 18.5. The summed E-state index contributed by atoms with van der Waals surface area (Å²) in [6.07, 6.45) is 0. The zero-order valence-electron chi connectivity index (χ0n) is 8.11. The zero-order valence-corrected chi connectivity index (χ0v) is 8.11.